The van der Waals surface area contributed by atoms with Crippen molar-refractivity contribution in [3.8, 4) is 5.75 Å². The van der Waals surface area contributed by atoms with Crippen LogP contribution in [0.25, 0.3) is 5.57 Å². The molecule has 0 aromatic heterocycles. The Labute approximate surface area is 164 Å². The Morgan fingerprint density at radius 3 is 2.07 bits per heavy atom. The van der Waals surface area contributed by atoms with Crippen LogP contribution in [-0.4, -0.2) is 62.0 Å². The van der Waals surface area contributed by atoms with Crippen molar-refractivity contribution in [2.45, 2.75) is 0 Å². The van der Waals surface area contributed by atoms with Gasteiger partial charge in [-0.05, 0) is 17.7 Å². The molecule has 6 nitrogen and oxygen atoms in total. The number of piperazine rings is 1. The van der Waals surface area contributed by atoms with Crippen molar-refractivity contribution >= 4 is 23.1 Å². The van der Waals surface area contributed by atoms with E-state index in [2.05, 4.69) is 4.90 Å². The van der Waals surface area contributed by atoms with Gasteiger partial charge >= 0.3 is 0 Å². The zero-order chi connectivity index (χ0) is 19.7. The van der Waals surface area contributed by atoms with E-state index in [1.54, 1.807) is 14.2 Å². The fraction of sp³-hybridized carbons (Fsp3) is 0.273. The van der Waals surface area contributed by atoms with E-state index in [-0.39, 0.29) is 11.8 Å². The number of para-hydroxylation sites is 2. The monoisotopic (exact) mass is 377 g/mol. The minimum absolute atomic E-state index is 0.227. The summed E-state index contributed by atoms with van der Waals surface area (Å²) in [5, 5.41) is 0. The van der Waals surface area contributed by atoms with Gasteiger partial charge in [-0.25, -0.2) is 0 Å². The molecule has 2 amide bonds. The fourth-order valence-electron chi connectivity index (χ4n) is 3.85. The van der Waals surface area contributed by atoms with E-state index in [1.165, 1.54) is 4.90 Å². The Balaban J connectivity index is 1.61. The van der Waals surface area contributed by atoms with Gasteiger partial charge in [-0.2, -0.15) is 0 Å². The highest BCUT2D eigenvalue weighted by molar-refractivity contribution is 6.35. The molecule has 1 saturated heterocycles. The van der Waals surface area contributed by atoms with Crippen LogP contribution in [0.3, 0.4) is 0 Å². The lowest BCUT2D eigenvalue weighted by atomic mass is 10.0. The second kappa shape index (κ2) is 7.38. The highest BCUT2D eigenvalue weighted by Gasteiger charge is 2.40. The van der Waals surface area contributed by atoms with Gasteiger partial charge in [0, 0.05) is 33.2 Å². The minimum atomic E-state index is -0.238. The third-order valence-corrected chi connectivity index (χ3v) is 5.35. The number of ether oxygens (including phenoxy) is 1. The molecular formula is C22H23N3O3. The van der Waals surface area contributed by atoms with E-state index in [9.17, 15) is 9.59 Å². The first kappa shape index (κ1) is 18.1. The van der Waals surface area contributed by atoms with Gasteiger partial charge < -0.3 is 14.5 Å². The Bertz CT molecular complexity index is 931. The van der Waals surface area contributed by atoms with E-state index in [1.807, 2.05) is 59.5 Å². The molecule has 2 heterocycles. The molecule has 0 saturated carbocycles. The van der Waals surface area contributed by atoms with Gasteiger partial charge in [0.1, 0.15) is 11.4 Å². The van der Waals surface area contributed by atoms with Crippen LogP contribution >= 0.6 is 0 Å². The maximum absolute atomic E-state index is 12.8. The second-order valence-corrected chi connectivity index (χ2v) is 6.90. The smallest absolute Gasteiger partial charge is 0.277 e. The van der Waals surface area contributed by atoms with E-state index in [4.69, 9.17) is 4.74 Å². The standard InChI is InChI=1S/C22H23N3O3/c1-23-21(26)19(16-8-4-3-5-9-16)20(22(23)27)25-14-12-24(13-15-25)17-10-6-7-11-18(17)28-2/h3-11H,12-15H2,1-2H3. The molecule has 0 atom stereocenters. The lowest BCUT2D eigenvalue weighted by Crippen LogP contribution is -2.47. The van der Waals surface area contributed by atoms with Crippen molar-refractivity contribution in [2.24, 2.45) is 0 Å². The van der Waals surface area contributed by atoms with E-state index in [0.29, 0.717) is 24.4 Å². The molecule has 0 bridgehead atoms. The Morgan fingerprint density at radius 1 is 0.786 bits per heavy atom. The quantitative estimate of drug-likeness (QED) is 0.765. The van der Waals surface area contributed by atoms with Gasteiger partial charge in [0.2, 0.25) is 0 Å². The van der Waals surface area contributed by atoms with Crippen LogP contribution in [0.2, 0.25) is 0 Å². The molecule has 0 radical (unpaired) electrons. The first-order valence-electron chi connectivity index (χ1n) is 9.37. The summed E-state index contributed by atoms with van der Waals surface area (Å²) in [6.45, 7) is 2.82. The fourth-order valence-corrected chi connectivity index (χ4v) is 3.85. The summed E-state index contributed by atoms with van der Waals surface area (Å²) in [6, 6.07) is 17.4. The van der Waals surface area contributed by atoms with E-state index < -0.39 is 0 Å². The SMILES string of the molecule is COc1ccccc1N1CCN(C2=C(c3ccccc3)C(=O)N(C)C2=O)CC1. The van der Waals surface area contributed by atoms with Gasteiger partial charge in [0.05, 0.1) is 18.4 Å². The third-order valence-electron chi connectivity index (χ3n) is 5.35. The van der Waals surface area contributed by atoms with Crippen molar-refractivity contribution in [1.29, 1.82) is 0 Å². The lowest BCUT2D eigenvalue weighted by molar-refractivity contribution is -0.135. The number of hydrogen-bond donors (Lipinski definition) is 0. The summed E-state index contributed by atoms with van der Waals surface area (Å²) in [7, 11) is 3.22. The first-order chi connectivity index (χ1) is 13.6. The average molecular weight is 377 g/mol. The molecule has 2 aromatic rings. The molecule has 0 spiro atoms. The summed E-state index contributed by atoms with van der Waals surface area (Å²) in [5.74, 6) is 0.375. The number of amides is 2. The second-order valence-electron chi connectivity index (χ2n) is 6.90. The topological polar surface area (TPSA) is 53.1 Å². The molecule has 4 rings (SSSR count). The number of methoxy groups -OCH3 is 1. The molecule has 2 aliphatic rings. The Hall–Kier alpha value is -3.28. The van der Waals surface area contributed by atoms with Gasteiger partial charge in [0.15, 0.2) is 0 Å². The number of hydrogen-bond acceptors (Lipinski definition) is 5. The normalized spacial score (nSPS) is 17.6. The van der Waals surface area contributed by atoms with Crippen LogP contribution in [-0.2, 0) is 9.59 Å². The van der Waals surface area contributed by atoms with Crippen LogP contribution in [0.1, 0.15) is 5.56 Å². The largest absolute Gasteiger partial charge is 0.495 e. The van der Waals surface area contributed by atoms with Crippen LogP contribution in [0.4, 0.5) is 5.69 Å². The van der Waals surface area contributed by atoms with Crippen LogP contribution in [0.5, 0.6) is 5.75 Å². The number of anilines is 1. The first-order valence-corrected chi connectivity index (χ1v) is 9.37. The maximum atomic E-state index is 12.8. The van der Waals surface area contributed by atoms with Crippen molar-refractivity contribution in [1.82, 2.24) is 9.80 Å². The Kier molecular flexibility index (Phi) is 4.77. The highest BCUT2D eigenvalue weighted by Crippen LogP contribution is 2.33. The average Bonchev–Trinajstić information content (AvgIpc) is 2.98. The maximum Gasteiger partial charge on any atom is 0.277 e. The van der Waals surface area contributed by atoms with Crippen molar-refractivity contribution in [3.63, 3.8) is 0 Å². The van der Waals surface area contributed by atoms with Crippen molar-refractivity contribution in [2.75, 3.05) is 45.2 Å². The van der Waals surface area contributed by atoms with Crippen LogP contribution in [0, 0.1) is 0 Å². The molecule has 144 valence electrons. The molecule has 1 fully saturated rings. The molecule has 2 aliphatic heterocycles. The summed E-state index contributed by atoms with van der Waals surface area (Å²) >= 11 is 0. The summed E-state index contributed by atoms with van der Waals surface area (Å²) in [6.07, 6.45) is 0. The number of likely N-dealkylation sites (N-methyl/N-ethyl adjacent to an activating group) is 1. The predicted octanol–water partition coefficient (Wildman–Crippen LogP) is 2.23. The molecule has 0 N–H and O–H groups in total. The zero-order valence-corrected chi connectivity index (χ0v) is 16.1. The van der Waals surface area contributed by atoms with Crippen molar-refractivity contribution < 1.29 is 14.3 Å². The minimum Gasteiger partial charge on any atom is -0.495 e. The Morgan fingerprint density at radius 2 is 1.39 bits per heavy atom. The van der Waals surface area contributed by atoms with Gasteiger partial charge in [-0.1, -0.05) is 42.5 Å². The molecule has 0 unspecified atom stereocenters. The predicted molar refractivity (Wildman–Crippen MR) is 108 cm³/mol. The number of rotatable bonds is 4. The van der Waals surface area contributed by atoms with E-state index in [0.717, 1.165) is 30.1 Å². The highest BCUT2D eigenvalue weighted by atomic mass is 16.5. The molecular weight excluding hydrogens is 354 g/mol. The van der Waals surface area contributed by atoms with Crippen LogP contribution in [0.15, 0.2) is 60.3 Å². The lowest BCUT2D eigenvalue weighted by Gasteiger charge is -2.38. The zero-order valence-electron chi connectivity index (χ0n) is 16.1. The van der Waals surface area contributed by atoms with E-state index >= 15 is 0 Å². The molecule has 6 heteroatoms. The third kappa shape index (κ3) is 3.01. The summed E-state index contributed by atoms with van der Waals surface area (Å²) in [5.41, 5.74) is 2.84. The number of benzene rings is 2. The van der Waals surface area contributed by atoms with Crippen LogP contribution < -0.4 is 9.64 Å². The molecule has 28 heavy (non-hydrogen) atoms. The van der Waals surface area contributed by atoms with Crippen molar-refractivity contribution in [3.05, 3.63) is 65.9 Å². The number of carbonyl (C=O) groups excluding carboxylic acids is 2. The number of imide groups is 1. The number of carbonyl (C=O) groups is 2. The molecule has 2 aromatic carbocycles. The molecule has 0 aliphatic carbocycles. The summed E-state index contributed by atoms with van der Waals surface area (Å²) < 4.78 is 5.48. The summed E-state index contributed by atoms with van der Waals surface area (Å²) in [4.78, 5) is 31.1. The number of nitrogens with zero attached hydrogens (tertiary/aromatic N) is 3. The van der Waals surface area contributed by atoms with Gasteiger partial charge in [-0.3, -0.25) is 14.5 Å². The van der Waals surface area contributed by atoms with Gasteiger partial charge in [-0.15, -0.1) is 0 Å². The van der Waals surface area contributed by atoms with Gasteiger partial charge in [0.25, 0.3) is 11.8 Å².